The van der Waals surface area contributed by atoms with Gasteiger partial charge in [-0.1, -0.05) is 26.0 Å². The molecule has 0 radical (unpaired) electrons. The summed E-state index contributed by atoms with van der Waals surface area (Å²) in [7, 11) is 0. The number of hydrogen-bond acceptors (Lipinski definition) is 3. The summed E-state index contributed by atoms with van der Waals surface area (Å²) in [5.41, 5.74) is 0.691. The van der Waals surface area contributed by atoms with Gasteiger partial charge in [0, 0.05) is 18.0 Å². The van der Waals surface area contributed by atoms with E-state index in [-0.39, 0.29) is 23.8 Å². The second kappa shape index (κ2) is 5.51. The molecule has 21 heavy (non-hydrogen) atoms. The molecule has 0 fully saturated rings. The summed E-state index contributed by atoms with van der Waals surface area (Å²) in [6.07, 6.45) is -0.0466. The zero-order valence-electron chi connectivity index (χ0n) is 13.3. The number of anilines is 1. The van der Waals surface area contributed by atoms with Crippen molar-refractivity contribution in [3.05, 3.63) is 29.8 Å². The molecule has 0 saturated heterocycles. The van der Waals surface area contributed by atoms with Crippen molar-refractivity contribution in [3.63, 3.8) is 0 Å². The topological polar surface area (TPSA) is 46.6 Å². The number of rotatable bonds is 1. The second-order valence-corrected chi connectivity index (χ2v) is 6.81. The number of hydrogen-bond donors (Lipinski definition) is 0. The molecule has 1 heterocycles. The van der Waals surface area contributed by atoms with E-state index in [9.17, 15) is 9.59 Å². The molecule has 1 aliphatic rings. The van der Waals surface area contributed by atoms with E-state index >= 15 is 0 Å². The van der Waals surface area contributed by atoms with Gasteiger partial charge >= 0.3 is 6.09 Å². The van der Waals surface area contributed by atoms with Gasteiger partial charge in [-0.2, -0.15) is 0 Å². The molecular weight excluding hydrogens is 266 g/mol. The van der Waals surface area contributed by atoms with Crippen molar-refractivity contribution >= 4 is 17.6 Å². The molecule has 4 heteroatoms. The predicted octanol–water partition coefficient (Wildman–Crippen LogP) is 4.04. The lowest BCUT2D eigenvalue weighted by Crippen LogP contribution is -2.49. The Morgan fingerprint density at radius 1 is 1.29 bits per heavy atom. The first-order chi connectivity index (χ1) is 9.70. The van der Waals surface area contributed by atoms with Crippen LogP contribution in [-0.2, 0) is 4.74 Å². The van der Waals surface area contributed by atoms with Crippen LogP contribution in [0.2, 0.25) is 0 Å². The first-order valence-corrected chi connectivity index (χ1v) is 7.35. The van der Waals surface area contributed by atoms with E-state index in [0.29, 0.717) is 17.7 Å². The zero-order valence-corrected chi connectivity index (χ0v) is 13.3. The van der Waals surface area contributed by atoms with Gasteiger partial charge < -0.3 is 4.74 Å². The minimum absolute atomic E-state index is 0.0871. The van der Waals surface area contributed by atoms with E-state index in [4.69, 9.17) is 4.74 Å². The van der Waals surface area contributed by atoms with Crippen LogP contribution in [0.1, 0.15) is 51.4 Å². The third kappa shape index (κ3) is 3.26. The molecule has 1 aliphatic heterocycles. The predicted molar refractivity (Wildman–Crippen MR) is 82.7 cm³/mol. The van der Waals surface area contributed by atoms with Crippen LogP contribution in [0.25, 0.3) is 0 Å². The Balaban J connectivity index is 2.45. The van der Waals surface area contributed by atoms with Gasteiger partial charge in [-0.25, -0.2) is 4.79 Å². The molecule has 0 saturated carbocycles. The Bertz CT molecular complexity index is 557. The smallest absolute Gasteiger partial charge is 0.415 e. The molecule has 1 unspecified atom stereocenters. The van der Waals surface area contributed by atoms with Crippen LogP contribution < -0.4 is 4.90 Å². The number of ether oxygens (including phenoxy) is 1. The summed E-state index contributed by atoms with van der Waals surface area (Å²) < 4.78 is 5.53. The van der Waals surface area contributed by atoms with Crippen molar-refractivity contribution in [1.82, 2.24) is 0 Å². The van der Waals surface area contributed by atoms with E-state index < -0.39 is 5.60 Å². The van der Waals surface area contributed by atoms with E-state index in [2.05, 4.69) is 0 Å². The SMILES string of the molecule is CC(C)C1CC(=O)c2ccccc2N1C(=O)OC(C)(C)C. The van der Waals surface area contributed by atoms with Gasteiger partial charge in [-0.05, 0) is 38.8 Å². The molecule has 0 bridgehead atoms. The summed E-state index contributed by atoms with van der Waals surface area (Å²) in [4.78, 5) is 26.5. The van der Waals surface area contributed by atoms with Crippen LogP contribution in [0.5, 0.6) is 0 Å². The van der Waals surface area contributed by atoms with Crippen LogP contribution in [0.3, 0.4) is 0 Å². The fourth-order valence-corrected chi connectivity index (χ4v) is 2.57. The van der Waals surface area contributed by atoms with Crippen molar-refractivity contribution in [2.45, 2.75) is 52.7 Å². The Labute approximate surface area is 126 Å². The molecular formula is C17H23NO3. The molecule has 1 aromatic rings. The number of ketones is 1. The van der Waals surface area contributed by atoms with Crippen LogP contribution in [0.4, 0.5) is 10.5 Å². The maximum atomic E-state index is 12.6. The Morgan fingerprint density at radius 3 is 2.48 bits per heavy atom. The van der Waals surface area contributed by atoms with Crippen LogP contribution in [0.15, 0.2) is 24.3 Å². The number of Topliss-reactive ketones (excluding diaryl/α,β-unsaturated/α-hetero) is 1. The summed E-state index contributed by atoms with van der Waals surface area (Å²) >= 11 is 0. The van der Waals surface area contributed by atoms with Crippen LogP contribution in [0, 0.1) is 5.92 Å². The molecule has 1 aromatic carbocycles. The third-order valence-corrected chi connectivity index (χ3v) is 3.55. The van der Waals surface area contributed by atoms with Crippen molar-refractivity contribution in [3.8, 4) is 0 Å². The molecule has 0 N–H and O–H groups in total. The van der Waals surface area contributed by atoms with Gasteiger partial charge in [0.25, 0.3) is 0 Å². The number of benzene rings is 1. The lowest BCUT2D eigenvalue weighted by Gasteiger charge is -2.39. The van der Waals surface area contributed by atoms with Gasteiger partial charge in [0.05, 0.1) is 5.69 Å². The molecule has 4 nitrogen and oxygen atoms in total. The molecule has 1 amide bonds. The fraction of sp³-hybridized carbons (Fsp3) is 0.529. The minimum Gasteiger partial charge on any atom is -0.443 e. The third-order valence-electron chi connectivity index (χ3n) is 3.55. The number of para-hydroxylation sites is 1. The Kier molecular flexibility index (Phi) is 4.08. The maximum absolute atomic E-state index is 12.6. The first kappa shape index (κ1) is 15.5. The molecule has 0 spiro atoms. The number of carbonyl (C=O) groups excluding carboxylic acids is 2. The zero-order chi connectivity index (χ0) is 15.8. The van der Waals surface area contributed by atoms with Gasteiger partial charge in [0.15, 0.2) is 5.78 Å². The number of nitrogens with zero attached hydrogens (tertiary/aromatic N) is 1. The van der Waals surface area contributed by atoms with E-state index in [0.717, 1.165) is 0 Å². The minimum atomic E-state index is -0.561. The Morgan fingerprint density at radius 2 is 1.90 bits per heavy atom. The van der Waals surface area contributed by atoms with Crippen molar-refractivity contribution in [2.75, 3.05) is 4.90 Å². The van der Waals surface area contributed by atoms with E-state index in [1.807, 2.05) is 52.8 Å². The molecule has 114 valence electrons. The number of carbonyl (C=O) groups is 2. The summed E-state index contributed by atoms with van der Waals surface area (Å²) in [6.45, 7) is 9.56. The van der Waals surface area contributed by atoms with Gasteiger partial charge in [0.2, 0.25) is 0 Å². The number of fused-ring (bicyclic) bond motifs is 1. The van der Waals surface area contributed by atoms with Gasteiger partial charge in [-0.15, -0.1) is 0 Å². The molecule has 0 aromatic heterocycles. The van der Waals surface area contributed by atoms with Crippen LogP contribution >= 0.6 is 0 Å². The second-order valence-electron chi connectivity index (χ2n) is 6.81. The monoisotopic (exact) mass is 289 g/mol. The summed E-state index contributed by atoms with van der Waals surface area (Å²) in [5, 5.41) is 0. The lowest BCUT2D eigenvalue weighted by molar-refractivity contribution is 0.0549. The fourth-order valence-electron chi connectivity index (χ4n) is 2.57. The Hall–Kier alpha value is -1.84. The maximum Gasteiger partial charge on any atom is 0.415 e. The van der Waals surface area contributed by atoms with Crippen LogP contribution in [-0.4, -0.2) is 23.5 Å². The molecule has 0 aliphatic carbocycles. The standard InChI is InChI=1S/C17H23NO3/c1-11(2)14-10-15(19)12-8-6-7-9-13(12)18(14)16(20)21-17(3,4)5/h6-9,11,14H,10H2,1-5H3. The summed E-state index contributed by atoms with van der Waals surface area (Å²) in [6, 6.07) is 7.07. The highest BCUT2D eigenvalue weighted by atomic mass is 16.6. The average Bonchev–Trinajstić information content (AvgIpc) is 2.36. The highest BCUT2D eigenvalue weighted by Gasteiger charge is 2.38. The van der Waals surface area contributed by atoms with Crippen molar-refractivity contribution in [1.29, 1.82) is 0 Å². The highest BCUT2D eigenvalue weighted by molar-refractivity contribution is 6.08. The lowest BCUT2D eigenvalue weighted by atomic mass is 9.89. The van der Waals surface area contributed by atoms with E-state index in [1.165, 1.54) is 0 Å². The molecule has 2 rings (SSSR count). The first-order valence-electron chi connectivity index (χ1n) is 7.35. The van der Waals surface area contributed by atoms with Gasteiger partial charge in [-0.3, -0.25) is 9.69 Å². The molecule has 1 atom stereocenters. The van der Waals surface area contributed by atoms with Gasteiger partial charge in [0.1, 0.15) is 5.60 Å². The average molecular weight is 289 g/mol. The largest absolute Gasteiger partial charge is 0.443 e. The van der Waals surface area contributed by atoms with Crippen molar-refractivity contribution in [2.24, 2.45) is 5.92 Å². The van der Waals surface area contributed by atoms with E-state index in [1.54, 1.807) is 11.0 Å². The number of amides is 1. The highest BCUT2D eigenvalue weighted by Crippen LogP contribution is 2.34. The normalized spacial score (nSPS) is 18.7. The van der Waals surface area contributed by atoms with Crippen molar-refractivity contribution < 1.29 is 14.3 Å². The summed E-state index contributed by atoms with van der Waals surface area (Å²) in [5.74, 6) is 0.263. The quantitative estimate of drug-likeness (QED) is 0.784.